The third-order valence-corrected chi connectivity index (χ3v) is 8.44. The van der Waals surface area contributed by atoms with Crippen molar-refractivity contribution >= 4 is 53.1 Å². The number of nitrogen functional groups attached to an aromatic ring is 2. The molecule has 42 heavy (non-hydrogen) atoms. The first kappa shape index (κ1) is 28.8. The zero-order valence-corrected chi connectivity index (χ0v) is 22.9. The van der Waals surface area contributed by atoms with Gasteiger partial charge in [0.2, 0.25) is 5.95 Å². The Kier molecular flexibility index (Phi) is 7.40. The molecule has 0 aliphatic carbocycles. The van der Waals surface area contributed by atoms with Crippen molar-refractivity contribution in [3.63, 3.8) is 0 Å². The summed E-state index contributed by atoms with van der Waals surface area (Å²) in [5.41, 5.74) is 11.0. The highest BCUT2D eigenvalue weighted by Gasteiger charge is 2.50. The van der Waals surface area contributed by atoms with E-state index < -0.39 is 74.7 Å². The summed E-state index contributed by atoms with van der Waals surface area (Å²) in [5, 5.41) is 30.9. The van der Waals surface area contributed by atoms with Crippen molar-refractivity contribution in [2.75, 3.05) is 24.7 Å². The molecule has 2 aliphatic rings. The summed E-state index contributed by atoms with van der Waals surface area (Å²) < 4.78 is 52.9. The highest BCUT2D eigenvalue weighted by Crippen LogP contribution is 2.57. The molecule has 9 atom stereocenters. The molecule has 226 valence electrons. The first-order valence-corrected chi connectivity index (χ1v) is 14.9. The van der Waals surface area contributed by atoms with E-state index in [1.54, 1.807) is 0 Å². The van der Waals surface area contributed by atoms with Crippen LogP contribution in [0.2, 0.25) is 0 Å². The monoisotopic (exact) mass is 630 g/mol. The van der Waals surface area contributed by atoms with Crippen molar-refractivity contribution in [3.05, 3.63) is 29.3 Å². The Morgan fingerprint density at radius 3 is 2.48 bits per heavy atom. The van der Waals surface area contributed by atoms with Crippen LogP contribution in [0.4, 0.5) is 16.2 Å². The van der Waals surface area contributed by atoms with Crippen molar-refractivity contribution < 1.29 is 42.8 Å². The quantitative estimate of drug-likeness (QED) is 0.0854. The van der Waals surface area contributed by atoms with Crippen LogP contribution < -0.4 is 17.0 Å². The largest absolute Gasteiger partial charge is 0.394 e. The Hall–Kier alpha value is -3.27. The molecule has 8 N–H and O–H groups in total. The van der Waals surface area contributed by atoms with Gasteiger partial charge in [-0.05, 0) is 0 Å². The Morgan fingerprint density at radius 1 is 1.05 bits per heavy atom. The van der Waals surface area contributed by atoms with Gasteiger partial charge in [0.05, 0.1) is 25.9 Å². The van der Waals surface area contributed by atoms with Gasteiger partial charge in [0.15, 0.2) is 41.3 Å². The van der Waals surface area contributed by atoms with Crippen molar-refractivity contribution in [3.8, 4) is 0 Å². The number of H-pyrrole nitrogens is 1. The number of alkyl halides is 1. The van der Waals surface area contributed by atoms with Gasteiger partial charge < -0.3 is 36.3 Å². The lowest BCUT2D eigenvalue weighted by molar-refractivity contribution is -0.0534. The summed E-state index contributed by atoms with van der Waals surface area (Å²) in [6.07, 6.45) is -8.45. The molecular formula is C20H24FN10O9PS. The number of rotatable bonds is 8. The number of thiol groups is 1. The molecule has 4 aromatic rings. The first-order chi connectivity index (χ1) is 20.0. The maximum Gasteiger partial charge on any atom is 0.386 e. The molecule has 0 spiro atoms. The second kappa shape index (κ2) is 10.8. The summed E-state index contributed by atoms with van der Waals surface area (Å²) in [6, 6.07) is 0. The number of anilines is 2. The van der Waals surface area contributed by atoms with Crippen LogP contribution in [-0.4, -0.2) is 104 Å². The van der Waals surface area contributed by atoms with Crippen LogP contribution >= 0.6 is 19.0 Å². The number of aromatic amines is 1. The fourth-order valence-electron chi connectivity index (χ4n) is 4.81. The Labute approximate surface area is 238 Å². The molecule has 2 saturated heterocycles. The van der Waals surface area contributed by atoms with Crippen molar-refractivity contribution in [1.29, 1.82) is 0 Å². The summed E-state index contributed by atoms with van der Waals surface area (Å²) in [4.78, 5) is 34.4. The van der Waals surface area contributed by atoms with Crippen LogP contribution in [0.25, 0.3) is 22.3 Å². The van der Waals surface area contributed by atoms with Gasteiger partial charge >= 0.3 is 6.80 Å². The highest BCUT2D eigenvalue weighted by molar-refractivity contribution is 8.44. The van der Waals surface area contributed by atoms with E-state index in [-0.39, 0.29) is 34.1 Å². The SMILES string of the molecule is Nc1nc2c(ncn2[C@@H]2O[C@H](CO)[C@H](O)[C@@H]2O[P@](=O)(S)OC[C@H]2O[C@@H](n3cnc4c(N)ncnc43)C(F)[C@H]2O)c(=O)[nH]1. The minimum Gasteiger partial charge on any atom is -0.394 e. The highest BCUT2D eigenvalue weighted by atomic mass is 32.7. The molecule has 4 aromatic heterocycles. The number of halogens is 1. The molecule has 2 fully saturated rings. The number of fused-ring (bicyclic) bond motifs is 2. The smallest absolute Gasteiger partial charge is 0.386 e. The van der Waals surface area contributed by atoms with E-state index in [1.807, 2.05) is 0 Å². The molecule has 6 rings (SSSR count). The second-order valence-corrected chi connectivity index (χ2v) is 12.3. The van der Waals surface area contributed by atoms with E-state index in [4.69, 9.17) is 30.0 Å². The average Bonchev–Trinajstić information content (AvgIpc) is 3.69. The van der Waals surface area contributed by atoms with E-state index in [0.29, 0.717) is 0 Å². The molecular weight excluding hydrogens is 606 g/mol. The number of ether oxygens (including phenoxy) is 2. The third kappa shape index (κ3) is 4.91. The van der Waals surface area contributed by atoms with Gasteiger partial charge in [-0.1, -0.05) is 12.2 Å². The molecule has 2 aliphatic heterocycles. The third-order valence-electron chi connectivity index (χ3n) is 6.83. The number of hydrogen-bond acceptors (Lipinski definition) is 16. The van der Waals surface area contributed by atoms with Crippen molar-refractivity contribution in [2.24, 2.45) is 0 Å². The fraction of sp³-hybridized carbons (Fsp3) is 0.500. The summed E-state index contributed by atoms with van der Waals surface area (Å²) in [7, 11) is 0. The van der Waals surface area contributed by atoms with Gasteiger partial charge in [0, 0.05) is 0 Å². The maximum atomic E-state index is 15.1. The van der Waals surface area contributed by atoms with E-state index in [2.05, 4.69) is 42.2 Å². The summed E-state index contributed by atoms with van der Waals surface area (Å²) in [6.45, 7) is -5.71. The van der Waals surface area contributed by atoms with Gasteiger partial charge in [-0.2, -0.15) is 4.98 Å². The maximum absolute atomic E-state index is 15.1. The minimum absolute atomic E-state index is 0.0443. The standard InChI is InChI=1S/C20H24FN10O9PS/c21-8-11(33)7(39-18(8)30-4-26-9-14(22)24-3-25-15(9)30)2-37-41(36,42)40-13-12(34)6(1-32)38-19(13)31-5-27-10-16(31)28-20(23)29-17(10)35/h3-8,11-13,18-19,32-34H,1-2H2,(H,36,42)(H2,22,24,25)(H3,23,28,29,35)/t6-,7-,8?,11+,12+,13+,18-,19-,41-/m1/s1. The number of nitrogens with two attached hydrogens (primary N) is 2. The van der Waals surface area contributed by atoms with Gasteiger partial charge in [-0.3, -0.25) is 28.0 Å². The average molecular weight is 631 g/mol. The molecule has 0 amide bonds. The molecule has 1 unspecified atom stereocenters. The molecule has 0 saturated carbocycles. The number of hydrogen-bond donors (Lipinski definition) is 7. The summed E-state index contributed by atoms with van der Waals surface area (Å²) in [5.74, 6) is -0.165. The zero-order valence-electron chi connectivity index (χ0n) is 21.1. The van der Waals surface area contributed by atoms with Crippen molar-refractivity contribution in [2.45, 2.75) is 49.1 Å². The van der Waals surface area contributed by atoms with Crippen LogP contribution in [0.5, 0.6) is 0 Å². The van der Waals surface area contributed by atoms with Gasteiger partial charge in [0.1, 0.15) is 42.4 Å². The van der Waals surface area contributed by atoms with Crippen LogP contribution in [0.1, 0.15) is 12.5 Å². The zero-order chi connectivity index (χ0) is 29.9. The number of imidazole rings is 2. The number of aliphatic hydroxyl groups is 3. The Morgan fingerprint density at radius 2 is 1.74 bits per heavy atom. The van der Waals surface area contributed by atoms with E-state index in [9.17, 15) is 24.7 Å². The van der Waals surface area contributed by atoms with Gasteiger partial charge in [0.25, 0.3) is 5.56 Å². The minimum atomic E-state index is -4.40. The van der Waals surface area contributed by atoms with E-state index in [1.165, 1.54) is 15.5 Å². The number of nitrogens with one attached hydrogen (secondary N) is 1. The molecule has 19 nitrogen and oxygen atoms in total. The lowest BCUT2D eigenvalue weighted by Crippen LogP contribution is -2.35. The topological polar surface area (TPSA) is 274 Å². The predicted molar refractivity (Wildman–Crippen MR) is 142 cm³/mol. The lowest BCUT2D eigenvalue weighted by atomic mass is 10.1. The van der Waals surface area contributed by atoms with E-state index in [0.717, 1.165) is 12.7 Å². The lowest BCUT2D eigenvalue weighted by Gasteiger charge is -2.25. The second-order valence-electron chi connectivity index (χ2n) is 9.43. The van der Waals surface area contributed by atoms with Crippen LogP contribution in [0.15, 0.2) is 23.8 Å². The van der Waals surface area contributed by atoms with Crippen LogP contribution in [0, 0.1) is 0 Å². The normalized spacial score (nSPS) is 31.3. The van der Waals surface area contributed by atoms with Gasteiger partial charge in [-0.15, -0.1) is 0 Å². The number of nitrogens with zero attached hydrogens (tertiary/aromatic N) is 7. The first-order valence-electron chi connectivity index (χ1n) is 12.2. The molecule has 0 bridgehead atoms. The van der Waals surface area contributed by atoms with Crippen LogP contribution in [-0.2, 0) is 23.1 Å². The van der Waals surface area contributed by atoms with Crippen molar-refractivity contribution in [1.82, 2.24) is 39.0 Å². The molecule has 0 aromatic carbocycles. The van der Waals surface area contributed by atoms with Gasteiger partial charge in [-0.25, -0.2) is 28.9 Å². The fourth-order valence-corrected chi connectivity index (χ4v) is 6.27. The summed E-state index contributed by atoms with van der Waals surface area (Å²) >= 11 is 3.96. The number of aromatic nitrogens is 8. The Balaban J connectivity index is 1.19. The predicted octanol–water partition coefficient (Wildman–Crippen LogP) is -1.59. The number of aliphatic hydroxyl groups excluding tert-OH is 3. The van der Waals surface area contributed by atoms with E-state index >= 15 is 4.39 Å². The van der Waals surface area contributed by atoms with Crippen LogP contribution in [0.3, 0.4) is 0 Å². The molecule has 6 heterocycles. The Bertz CT molecular complexity index is 1740. The molecule has 22 heteroatoms. The molecule has 0 radical (unpaired) electrons.